The highest BCUT2D eigenvalue weighted by Crippen LogP contribution is 2.24. The van der Waals surface area contributed by atoms with Crippen molar-refractivity contribution in [3.63, 3.8) is 0 Å². The van der Waals surface area contributed by atoms with Gasteiger partial charge in [0, 0.05) is 25.0 Å². The second-order valence-electron chi connectivity index (χ2n) is 6.72. The number of hydrogen-bond acceptors (Lipinski definition) is 7. The highest BCUT2D eigenvalue weighted by molar-refractivity contribution is 7.92. The molecule has 3 aromatic rings. The van der Waals surface area contributed by atoms with Crippen molar-refractivity contribution in [3.05, 3.63) is 42.4 Å². The molecule has 0 radical (unpaired) electrons. The maximum Gasteiger partial charge on any atom is 0.311 e. The van der Waals surface area contributed by atoms with Gasteiger partial charge in [-0.05, 0) is 50.1 Å². The topological polar surface area (TPSA) is 130 Å². The average molecular weight is 431 g/mol. The number of hydrogen-bond donors (Lipinski definition) is 2. The summed E-state index contributed by atoms with van der Waals surface area (Å²) in [4.78, 5) is 16.8. The Bertz CT molecular complexity index is 1130. The Morgan fingerprint density at radius 3 is 2.67 bits per heavy atom. The number of carbonyl (C=O) groups is 1. The van der Waals surface area contributed by atoms with Gasteiger partial charge in [-0.1, -0.05) is 0 Å². The van der Waals surface area contributed by atoms with E-state index in [9.17, 15) is 13.2 Å². The van der Waals surface area contributed by atoms with Gasteiger partial charge in [0.05, 0.1) is 6.61 Å². The molecule has 11 heteroatoms. The second kappa shape index (κ2) is 8.19. The molecule has 30 heavy (non-hydrogen) atoms. The Morgan fingerprint density at radius 1 is 1.23 bits per heavy atom. The van der Waals surface area contributed by atoms with Gasteiger partial charge < -0.3 is 19.0 Å². The minimum Gasteiger partial charge on any atom is -0.494 e. The summed E-state index contributed by atoms with van der Waals surface area (Å²) in [6, 6.07) is 7.96. The highest BCUT2D eigenvalue weighted by Gasteiger charge is 2.25. The minimum absolute atomic E-state index is 0.00277. The molecule has 1 saturated heterocycles. The van der Waals surface area contributed by atoms with Crippen LogP contribution in [0.3, 0.4) is 0 Å². The Balaban J connectivity index is 1.48. The molecule has 0 spiro atoms. The number of aromatic nitrogens is 3. The molecule has 158 valence electrons. The molecule has 0 bridgehead atoms. The van der Waals surface area contributed by atoms with E-state index in [0.717, 1.165) is 12.8 Å². The number of ether oxygens (including phenoxy) is 1. The Morgan fingerprint density at radius 2 is 1.97 bits per heavy atom. The summed E-state index contributed by atoms with van der Waals surface area (Å²) in [6.07, 6.45) is 3.22. The summed E-state index contributed by atoms with van der Waals surface area (Å²) in [5.41, 5.74) is 0.701. The molecule has 4 rings (SSSR count). The lowest BCUT2D eigenvalue weighted by molar-refractivity contribution is 0.0754. The lowest BCUT2D eigenvalue weighted by Crippen LogP contribution is -2.27. The smallest absolute Gasteiger partial charge is 0.311 e. The fraction of sp³-hybridized carbons (Fsp3) is 0.316. The van der Waals surface area contributed by atoms with E-state index in [0.29, 0.717) is 36.8 Å². The van der Waals surface area contributed by atoms with Crippen LogP contribution in [-0.2, 0) is 10.0 Å². The molecule has 1 aromatic carbocycles. The third kappa shape index (κ3) is 4.15. The van der Waals surface area contributed by atoms with E-state index in [4.69, 9.17) is 9.15 Å². The van der Waals surface area contributed by atoms with Crippen LogP contribution in [0, 0.1) is 0 Å². The van der Waals surface area contributed by atoms with Crippen LogP contribution < -0.4 is 9.46 Å². The molecule has 2 N–H and O–H groups in total. The van der Waals surface area contributed by atoms with Gasteiger partial charge in [-0.2, -0.15) is 0 Å². The van der Waals surface area contributed by atoms with Gasteiger partial charge in [-0.3, -0.25) is 9.52 Å². The van der Waals surface area contributed by atoms with Gasteiger partial charge in [0.15, 0.2) is 0 Å². The molecule has 10 nitrogen and oxygen atoms in total. The zero-order valence-corrected chi connectivity index (χ0v) is 17.1. The third-order valence-electron chi connectivity index (χ3n) is 4.62. The summed E-state index contributed by atoms with van der Waals surface area (Å²) in [6.45, 7) is 3.73. The van der Waals surface area contributed by atoms with E-state index in [1.165, 1.54) is 12.3 Å². The second-order valence-corrected chi connectivity index (χ2v) is 8.41. The van der Waals surface area contributed by atoms with Gasteiger partial charge in [0.2, 0.25) is 0 Å². The maximum atomic E-state index is 12.7. The summed E-state index contributed by atoms with van der Waals surface area (Å²) < 4.78 is 38.6. The molecule has 0 unspecified atom stereocenters. The van der Waals surface area contributed by atoms with E-state index >= 15 is 0 Å². The standard InChI is InChI=1S/C19H21N5O5S/c1-2-28-14-7-5-13(6-8-14)23-30(26,27)15-11-16(20-12-15)17-21-22-18(29-17)19(25)24-9-3-4-10-24/h5-8,11-12,20,23H,2-4,9-10H2,1H3. The van der Waals surface area contributed by atoms with Crippen LogP contribution in [0.2, 0.25) is 0 Å². The molecular formula is C19H21N5O5S. The predicted molar refractivity (Wildman–Crippen MR) is 108 cm³/mol. The van der Waals surface area contributed by atoms with Crippen LogP contribution in [0.4, 0.5) is 5.69 Å². The van der Waals surface area contributed by atoms with Crippen LogP contribution in [0.15, 0.2) is 45.8 Å². The third-order valence-corrected chi connectivity index (χ3v) is 5.98. The van der Waals surface area contributed by atoms with Gasteiger partial charge in [0.1, 0.15) is 16.3 Å². The molecule has 1 aliphatic heterocycles. The van der Waals surface area contributed by atoms with Gasteiger partial charge >= 0.3 is 11.8 Å². The zero-order valence-electron chi connectivity index (χ0n) is 16.3. The number of nitrogens with zero attached hydrogens (tertiary/aromatic N) is 3. The van der Waals surface area contributed by atoms with Crippen molar-refractivity contribution in [1.29, 1.82) is 0 Å². The molecule has 1 fully saturated rings. The first-order chi connectivity index (χ1) is 14.5. The summed E-state index contributed by atoms with van der Waals surface area (Å²) in [5, 5.41) is 7.66. The quantitative estimate of drug-likeness (QED) is 0.588. The number of amides is 1. The first kappa shape index (κ1) is 20.0. The largest absolute Gasteiger partial charge is 0.494 e. The van der Waals surface area contributed by atoms with Crippen LogP contribution in [0.25, 0.3) is 11.6 Å². The predicted octanol–water partition coefficient (Wildman–Crippen LogP) is 2.50. The Labute approximate surface area is 173 Å². The van der Waals surface area contributed by atoms with Crippen LogP contribution >= 0.6 is 0 Å². The molecule has 1 amide bonds. The van der Waals surface area contributed by atoms with E-state index in [-0.39, 0.29) is 22.6 Å². The SMILES string of the molecule is CCOc1ccc(NS(=O)(=O)c2c[nH]c(-c3nnc(C(=O)N4CCCC4)o3)c2)cc1. The van der Waals surface area contributed by atoms with Gasteiger partial charge in [0.25, 0.3) is 15.9 Å². The molecular weight excluding hydrogens is 410 g/mol. The Hall–Kier alpha value is -3.34. The first-order valence-electron chi connectivity index (χ1n) is 9.53. The van der Waals surface area contributed by atoms with Crippen molar-refractivity contribution in [2.75, 3.05) is 24.4 Å². The minimum atomic E-state index is -3.84. The van der Waals surface area contributed by atoms with Crippen molar-refractivity contribution in [3.8, 4) is 17.3 Å². The molecule has 2 aromatic heterocycles. The number of rotatable bonds is 7. The lowest BCUT2D eigenvalue weighted by Gasteiger charge is -2.11. The molecule has 3 heterocycles. The number of H-pyrrole nitrogens is 1. The van der Waals surface area contributed by atoms with Crippen molar-refractivity contribution in [2.45, 2.75) is 24.7 Å². The monoisotopic (exact) mass is 431 g/mol. The fourth-order valence-corrected chi connectivity index (χ4v) is 4.18. The number of benzene rings is 1. The summed E-state index contributed by atoms with van der Waals surface area (Å²) in [5.74, 6) is 0.265. The van der Waals surface area contributed by atoms with Crippen LogP contribution in [-0.4, -0.2) is 54.1 Å². The zero-order chi connectivity index (χ0) is 21.1. The fourth-order valence-electron chi connectivity index (χ4n) is 3.13. The van der Waals surface area contributed by atoms with Crippen molar-refractivity contribution in [1.82, 2.24) is 20.1 Å². The summed E-state index contributed by atoms with van der Waals surface area (Å²) >= 11 is 0. The number of nitrogens with one attached hydrogen (secondary N) is 2. The number of carbonyl (C=O) groups excluding carboxylic acids is 1. The van der Waals surface area contributed by atoms with Gasteiger partial charge in [-0.15, -0.1) is 10.2 Å². The first-order valence-corrected chi connectivity index (χ1v) is 11.0. The average Bonchev–Trinajstić information content (AvgIpc) is 3.49. The molecule has 0 saturated carbocycles. The summed E-state index contributed by atoms with van der Waals surface area (Å²) in [7, 11) is -3.84. The van der Waals surface area contributed by atoms with Crippen molar-refractivity contribution in [2.24, 2.45) is 0 Å². The van der Waals surface area contributed by atoms with Crippen molar-refractivity contribution >= 4 is 21.6 Å². The Kier molecular flexibility index (Phi) is 5.44. The normalized spacial score (nSPS) is 14.1. The van der Waals surface area contributed by atoms with E-state index < -0.39 is 10.0 Å². The number of likely N-dealkylation sites (tertiary alicyclic amines) is 1. The van der Waals surface area contributed by atoms with Crippen LogP contribution in [0.1, 0.15) is 30.5 Å². The maximum absolute atomic E-state index is 12.7. The molecule has 0 atom stereocenters. The van der Waals surface area contributed by atoms with E-state index in [2.05, 4.69) is 19.9 Å². The number of anilines is 1. The number of aromatic amines is 1. The van der Waals surface area contributed by atoms with Gasteiger partial charge in [-0.25, -0.2) is 8.42 Å². The lowest BCUT2D eigenvalue weighted by atomic mass is 10.3. The highest BCUT2D eigenvalue weighted by atomic mass is 32.2. The number of sulfonamides is 1. The van der Waals surface area contributed by atoms with E-state index in [1.807, 2.05) is 6.92 Å². The van der Waals surface area contributed by atoms with E-state index in [1.54, 1.807) is 29.2 Å². The van der Waals surface area contributed by atoms with Crippen molar-refractivity contribution < 1.29 is 22.4 Å². The molecule has 0 aliphatic carbocycles. The molecule has 1 aliphatic rings. The van der Waals surface area contributed by atoms with Crippen LogP contribution in [0.5, 0.6) is 5.75 Å².